The largest absolute Gasteiger partial charge is 0.478 e. The minimum atomic E-state index is -0.947. The van der Waals surface area contributed by atoms with Crippen molar-refractivity contribution in [2.75, 3.05) is 5.75 Å². The van der Waals surface area contributed by atoms with E-state index in [-0.39, 0.29) is 11.1 Å². The molecule has 2 aromatic rings. The fourth-order valence-corrected chi connectivity index (χ4v) is 3.23. The number of aromatic carboxylic acids is 1. The van der Waals surface area contributed by atoms with Crippen LogP contribution in [0.1, 0.15) is 10.4 Å². The van der Waals surface area contributed by atoms with Crippen molar-refractivity contribution in [2.24, 2.45) is 0 Å². The Morgan fingerprint density at radius 2 is 2.10 bits per heavy atom. The summed E-state index contributed by atoms with van der Waals surface area (Å²) in [6.07, 6.45) is 1.72. The number of aromatic nitrogens is 1. The van der Waals surface area contributed by atoms with E-state index >= 15 is 0 Å². The number of rotatable bonds is 5. The van der Waals surface area contributed by atoms with E-state index in [1.54, 1.807) is 41.1 Å². The van der Waals surface area contributed by atoms with Gasteiger partial charge in [0.25, 0.3) is 5.56 Å². The van der Waals surface area contributed by atoms with E-state index in [4.69, 9.17) is 5.11 Å². The number of carboxylic acid groups (broad SMARTS) is 1. The lowest BCUT2D eigenvalue weighted by atomic mass is 10.2. The number of halogens is 1. The van der Waals surface area contributed by atoms with Crippen LogP contribution in [0.5, 0.6) is 0 Å². The zero-order valence-corrected chi connectivity index (χ0v) is 12.9. The van der Waals surface area contributed by atoms with Gasteiger partial charge in [-0.1, -0.05) is 22.0 Å². The Labute approximate surface area is 128 Å². The highest BCUT2D eigenvalue weighted by Crippen LogP contribution is 2.26. The fourth-order valence-electron chi connectivity index (χ4n) is 1.69. The lowest BCUT2D eigenvalue weighted by Crippen LogP contribution is -2.18. The lowest BCUT2D eigenvalue weighted by Gasteiger charge is -2.08. The summed E-state index contributed by atoms with van der Waals surface area (Å²) in [5, 5.41) is 9.13. The molecule has 0 amide bonds. The third-order valence-electron chi connectivity index (χ3n) is 2.66. The smallest absolute Gasteiger partial charge is 0.336 e. The number of hydrogen-bond acceptors (Lipinski definition) is 3. The molecule has 0 saturated heterocycles. The number of hydrogen-bond donors (Lipinski definition) is 1. The van der Waals surface area contributed by atoms with Gasteiger partial charge in [0.15, 0.2) is 0 Å². The van der Waals surface area contributed by atoms with Gasteiger partial charge in [-0.2, -0.15) is 0 Å². The molecule has 0 aliphatic heterocycles. The Bertz CT molecular complexity index is 684. The van der Waals surface area contributed by atoms with Crippen molar-refractivity contribution in [1.82, 2.24) is 4.57 Å². The Kier molecular flexibility index (Phi) is 5.03. The summed E-state index contributed by atoms with van der Waals surface area (Å²) in [6, 6.07) is 10.1. The number of nitrogens with zero attached hydrogens (tertiary/aromatic N) is 1. The van der Waals surface area contributed by atoms with Gasteiger partial charge in [-0.25, -0.2) is 4.79 Å². The van der Waals surface area contributed by atoms with Crippen LogP contribution in [0, 0.1) is 0 Å². The van der Waals surface area contributed by atoms with E-state index in [0.29, 0.717) is 17.2 Å². The van der Waals surface area contributed by atoms with Gasteiger partial charge in [0.2, 0.25) is 0 Å². The number of benzene rings is 1. The molecule has 1 aromatic carbocycles. The first-order valence-electron chi connectivity index (χ1n) is 5.89. The van der Waals surface area contributed by atoms with Crippen LogP contribution in [-0.2, 0) is 6.54 Å². The van der Waals surface area contributed by atoms with Crippen LogP contribution in [0.15, 0.2) is 56.8 Å². The summed E-state index contributed by atoms with van der Waals surface area (Å²) in [5.41, 5.74) is 0.222. The second-order valence-electron chi connectivity index (χ2n) is 4.03. The molecule has 0 saturated carbocycles. The first kappa shape index (κ1) is 14.9. The topological polar surface area (TPSA) is 59.3 Å². The van der Waals surface area contributed by atoms with Crippen LogP contribution in [0.4, 0.5) is 0 Å². The fraction of sp³-hybridized carbons (Fsp3) is 0.143. The van der Waals surface area contributed by atoms with Gasteiger partial charge in [-0.05, 0) is 24.3 Å². The molecule has 4 nitrogen and oxygen atoms in total. The van der Waals surface area contributed by atoms with Crippen molar-refractivity contribution in [3.05, 3.63) is 63.0 Å². The van der Waals surface area contributed by atoms with Gasteiger partial charge < -0.3 is 9.67 Å². The van der Waals surface area contributed by atoms with Crippen LogP contribution >= 0.6 is 27.7 Å². The molecule has 0 atom stereocenters. The molecule has 1 aromatic heterocycles. The van der Waals surface area contributed by atoms with Crippen molar-refractivity contribution < 1.29 is 9.90 Å². The monoisotopic (exact) mass is 353 g/mol. The number of aryl methyl sites for hydroxylation is 1. The van der Waals surface area contributed by atoms with Gasteiger partial charge in [-0.15, -0.1) is 11.8 Å². The molecule has 104 valence electrons. The highest BCUT2D eigenvalue weighted by molar-refractivity contribution is 9.10. The van der Waals surface area contributed by atoms with E-state index < -0.39 is 5.97 Å². The molecular formula is C14H12BrNO3S. The average molecular weight is 354 g/mol. The van der Waals surface area contributed by atoms with Crippen LogP contribution < -0.4 is 5.56 Å². The van der Waals surface area contributed by atoms with Crippen molar-refractivity contribution in [3.63, 3.8) is 0 Å². The predicted octanol–water partition coefficient (Wildman–Crippen LogP) is 3.10. The minimum Gasteiger partial charge on any atom is -0.478 e. The van der Waals surface area contributed by atoms with Gasteiger partial charge in [0.05, 0.1) is 5.56 Å². The van der Waals surface area contributed by atoms with Gasteiger partial charge in [0, 0.05) is 33.9 Å². The average Bonchev–Trinajstić information content (AvgIpc) is 2.41. The van der Waals surface area contributed by atoms with Crippen LogP contribution in [0.25, 0.3) is 0 Å². The lowest BCUT2D eigenvalue weighted by molar-refractivity contribution is 0.0693. The van der Waals surface area contributed by atoms with E-state index in [1.165, 1.54) is 17.8 Å². The molecule has 0 radical (unpaired) electrons. The third kappa shape index (κ3) is 3.74. The van der Waals surface area contributed by atoms with Crippen molar-refractivity contribution in [2.45, 2.75) is 11.4 Å². The normalized spacial score (nSPS) is 10.4. The van der Waals surface area contributed by atoms with E-state index in [2.05, 4.69) is 15.9 Å². The molecular weight excluding hydrogens is 342 g/mol. The maximum absolute atomic E-state index is 11.5. The van der Waals surface area contributed by atoms with Gasteiger partial charge in [-0.3, -0.25) is 4.79 Å². The summed E-state index contributed by atoms with van der Waals surface area (Å²) in [7, 11) is 0. The highest BCUT2D eigenvalue weighted by Gasteiger charge is 2.10. The Morgan fingerprint density at radius 1 is 1.30 bits per heavy atom. The highest BCUT2D eigenvalue weighted by atomic mass is 79.9. The molecule has 0 fully saturated rings. The second kappa shape index (κ2) is 6.76. The van der Waals surface area contributed by atoms with Crippen LogP contribution in [0.2, 0.25) is 0 Å². The molecule has 0 spiro atoms. The molecule has 0 aliphatic rings. The Hall–Kier alpha value is -1.53. The first-order valence-corrected chi connectivity index (χ1v) is 7.67. The van der Waals surface area contributed by atoms with Gasteiger partial charge >= 0.3 is 5.97 Å². The standard InChI is InChI=1S/C14H12BrNO3S/c15-10-4-5-11(14(18)19)12(9-10)20-8-7-16-6-2-1-3-13(16)17/h1-6,9H,7-8H2,(H,18,19). The van der Waals surface area contributed by atoms with Crippen molar-refractivity contribution >= 4 is 33.7 Å². The van der Waals surface area contributed by atoms with Gasteiger partial charge in [0.1, 0.15) is 0 Å². The molecule has 0 unspecified atom stereocenters. The quantitative estimate of drug-likeness (QED) is 0.839. The summed E-state index contributed by atoms with van der Waals surface area (Å²) in [4.78, 5) is 23.4. The van der Waals surface area contributed by atoms with Crippen LogP contribution in [-0.4, -0.2) is 21.4 Å². The maximum Gasteiger partial charge on any atom is 0.336 e. The van der Waals surface area contributed by atoms with E-state index in [0.717, 1.165) is 4.47 Å². The van der Waals surface area contributed by atoms with Crippen LogP contribution in [0.3, 0.4) is 0 Å². The molecule has 1 N–H and O–H groups in total. The second-order valence-corrected chi connectivity index (χ2v) is 6.08. The Morgan fingerprint density at radius 3 is 2.80 bits per heavy atom. The summed E-state index contributed by atoms with van der Waals surface area (Å²) in [6.45, 7) is 0.538. The van der Waals surface area contributed by atoms with E-state index in [9.17, 15) is 9.59 Å². The van der Waals surface area contributed by atoms with E-state index in [1.807, 2.05) is 0 Å². The molecule has 20 heavy (non-hydrogen) atoms. The van der Waals surface area contributed by atoms with Crippen molar-refractivity contribution in [1.29, 1.82) is 0 Å². The number of carboxylic acids is 1. The minimum absolute atomic E-state index is 0.0548. The first-order chi connectivity index (χ1) is 9.58. The predicted molar refractivity (Wildman–Crippen MR) is 82.5 cm³/mol. The molecule has 0 bridgehead atoms. The third-order valence-corrected chi connectivity index (χ3v) is 4.19. The summed E-state index contributed by atoms with van der Waals surface area (Å²) in [5.74, 6) is -0.322. The van der Waals surface area contributed by atoms with Crippen molar-refractivity contribution in [3.8, 4) is 0 Å². The number of thioether (sulfide) groups is 1. The number of carbonyl (C=O) groups is 1. The Balaban J connectivity index is 2.08. The molecule has 6 heteroatoms. The summed E-state index contributed by atoms with van der Waals surface area (Å²) >= 11 is 4.75. The zero-order chi connectivity index (χ0) is 14.5. The number of pyridine rings is 1. The molecule has 2 rings (SSSR count). The SMILES string of the molecule is O=C(O)c1ccc(Br)cc1SCCn1ccccc1=O. The maximum atomic E-state index is 11.5. The molecule has 1 heterocycles. The zero-order valence-electron chi connectivity index (χ0n) is 10.5. The molecule has 0 aliphatic carbocycles. The summed E-state index contributed by atoms with van der Waals surface area (Å²) < 4.78 is 2.44.